The summed E-state index contributed by atoms with van der Waals surface area (Å²) in [6.07, 6.45) is 0.876. The molecule has 0 radical (unpaired) electrons. The highest BCUT2D eigenvalue weighted by molar-refractivity contribution is 6.09. The third-order valence-electron chi connectivity index (χ3n) is 3.14. The number of ether oxygens (including phenoxy) is 1. The standard InChI is InChI=1S/C13H15FN2O3/c1-6(17)16-10-5-8(14)13(19-2)7-3-4-9(15)12(18)11(7)10/h5,9H,3-4,15H2,1-2H3,(H,16,17). The predicted molar refractivity (Wildman–Crippen MR) is 67.9 cm³/mol. The molecule has 1 atom stereocenters. The van der Waals surface area contributed by atoms with Gasteiger partial charge in [-0.25, -0.2) is 4.39 Å². The minimum absolute atomic E-state index is 0.0457. The van der Waals surface area contributed by atoms with E-state index < -0.39 is 11.9 Å². The summed E-state index contributed by atoms with van der Waals surface area (Å²) in [5, 5.41) is 2.47. The van der Waals surface area contributed by atoms with Crippen molar-refractivity contribution in [2.75, 3.05) is 12.4 Å². The molecular weight excluding hydrogens is 251 g/mol. The second-order valence-electron chi connectivity index (χ2n) is 4.48. The molecule has 0 saturated heterocycles. The average Bonchev–Trinajstić information content (AvgIpc) is 2.33. The Kier molecular flexibility index (Phi) is 3.53. The zero-order chi connectivity index (χ0) is 14.2. The zero-order valence-corrected chi connectivity index (χ0v) is 10.7. The van der Waals surface area contributed by atoms with E-state index >= 15 is 0 Å². The Hall–Kier alpha value is -1.95. The fourth-order valence-electron chi connectivity index (χ4n) is 2.33. The van der Waals surface area contributed by atoms with Gasteiger partial charge in [-0.3, -0.25) is 9.59 Å². The van der Waals surface area contributed by atoms with E-state index in [1.165, 1.54) is 14.0 Å². The molecule has 19 heavy (non-hydrogen) atoms. The van der Waals surface area contributed by atoms with Crippen LogP contribution in [0.25, 0.3) is 0 Å². The van der Waals surface area contributed by atoms with Crippen LogP contribution in [0.4, 0.5) is 10.1 Å². The van der Waals surface area contributed by atoms with Crippen molar-refractivity contribution in [2.45, 2.75) is 25.8 Å². The molecule has 0 bridgehead atoms. The number of carbonyl (C=O) groups excluding carboxylic acids is 2. The number of anilines is 1. The van der Waals surface area contributed by atoms with Crippen LogP contribution in [-0.2, 0) is 11.2 Å². The van der Waals surface area contributed by atoms with Crippen molar-refractivity contribution < 1.29 is 18.7 Å². The number of carbonyl (C=O) groups is 2. The number of hydrogen-bond donors (Lipinski definition) is 2. The lowest BCUT2D eigenvalue weighted by Gasteiger charge is -2.25. The first-order valence-corrected chi connectivity index (χ1v) is 5.92. The van der Waals surface area contributed by atoms with E-state index in [0.717, 1.165) is 6.07 Å². The molecule has 1 unspecified atom stereocenters. The number of ketones is 1. The molecule has 1 aliphatic rings. The van der Waals surface area contributed by atoms with E-state index in [9.17, 15) is 14.0 Å². The van der Waals surface area contributed by atoms with Gasteiger partial charge in [0, 0.05) is 24.1 Å². The number of amides is 1. The number of hydrogen-bond acceptors (Lipinski definition) is 4. The van der Waals surface area contributed by atoms with Gasteiger partial charge in [0.05, 0.1) is 18.8 Å². The van der Waals surface area contributed by atoms with Gasteiger partial charge in [0.25, 0.3) is 0 Å². The molecule has 0 heterocycles. The van der Waals surface area contributed by atoms with Crippen molar-refractivity contribution in [3.63, 3.8) is 0 Å². The van der Waals surface area contributed by atoms with E-state index in [4.69, 9.17) is 10.5 Å². The number of methoxy groups -OCH3 is 1. The fourth-order valence-corrected chi connectivity index (χ4v) is 2.33. The quantitative estimate of drug-likeness (QED) is 0.844. The van der Waals surface area contributed by atoms with Crippen molar-refractivity contribution in [3.8, 4) is 5.75 Å². The second-order valence-corrected chi connectivity index (χ2v) is 4.48. The molecule has 1 aliphatic carbocycles. The van der Waals surface area contributed by atoms with Gasteiger partial charge in [0.15, 0.2) is 17.3 Å². The lowest BCUT2D eigenvalue weighted by Crippen LogP contribution is -2.36. The first kappa shape index (κ1) is 13.5. The molecule has 6 heteroatoms. The maximum Gasteiger partial charge on any atom is 0.221 e. The van der Waals surface area contributed by atoms with Gasteiger partial charge in [-0.1, -0.05) is 0 Å². The van der Waals surface area contributed by atoms with Crippen molar-refractivity contribution in [2.24, 2.45) is 5.73 Å². The maximum atomic E-state index is 13.9. The van der Waals surface area contributed by atoms with Gasteiger partial charge >= 0.3 is 0 Å². The van der Waals surface area contributed by atoms with Crippen LogP contribution in [0.5, 0.6) is 5.75 Å². The summed E-state index contributed by atoms with van der Waals surface area (Å²) in [6.45, 7) is 1.29. The Bertz CT molecular complexity index is 557. The van der Waals surface area contributed by atoms with Crippen LogP contribution >= 0.6 is 0 Å². The lowest BCUT2D eigenvalue weighted by molar-refractivity contribution is -0.114. The van der Waals surface area contributed by atoms with Crippen LogP contribution < -0.4 is 15.8 Å². The van der Waals surface area contributed by atoms with Crippen molar-refractivity contribution in [3.05, 3.63) is 23.0 Å². The highest BCUT2D eigenvalue weighted by Gasteiger charge is 2.31. The van der Waals surface area contributed by atoms with Crippen molar-refractivity contribution in [1.29, 1.82) is 0 Å². The first-order chi connectivity index (χ1) is 8.95. The monoisotopic (exact) mass is 266 g/mol. The summed E-state index contributed by atoms with van der Waals surface area (Å²) >= 11 is 0. The topological polar surface area (TPSA) is 81.4 Å². The van der Waals surface area contributed by atoms with Crippen molar-refractivity contribution in [1.82, 2.24) is 0 Å². The molecule has 2 rings (SSSR count). The lowest BCUT2D eigenvalue weighted by atomic mass is 9.85. The number of fused-ring (bicyclic) bond motifs is 1. The first-order valence-electron chi connectivity index (χ1n) is 5.92. The predicted octanol–water partition coefficient (Wildman–Crippen LogP) is 1.25. The van der Waals surface area contributed by atoms with E-state index in [1.54, 1.807) is 0 Å². The molecular formula is C13H15FN2O3. The molecule has 0 saturated carbocycles. The van der Waals surface area contributed by atoms with Crippen LogP contribution in [0.3, 0.4) is 0 Å². The molecule has 3 N–H and O–H groups in total. The van der Waals surface area contributed by atoms with Crippen LogP contribution in [0.1, 0.15) is 29.3 Å². The third-order valence-corrected chi connectivity index (χ3v) is 3.14. The summed E-state index contributed by atoms with van der Waals surface area (Å²) in [6, 6.07) is 0.463. The van der Waals surface area contributed by atoms with Gasteiger partial charge in [0.1, 0.15) is 0 Å². The van der Waals surface area contributed by atoms with E-state index in [1.807, 2.05) is 0 Å². The highest BCUT2D eigenvalue weighted by Crippen LogP contribution is 2.36. The summed E-state index contributed by atoms with van der Waals surface area (Å²) in [7, 11) is 1.34. The molecule has 102 valence electrons. The van der Waals surface area contributed by atoms with E-state index in [2.05, 4.69) is 5.32 Å². The van der Waals surface area contributed by atoms with E-state index in [0.29, 0.717) is 18.4 Å². The van der Waals surface area contributed by atoms with Gasteiger partial charge in [-0.05, 0) is 12.8 Å². The van der Waals surface area contributed by atoms with Gasteiger partial charge in [0.2, 0.25) is 5.91 Å². The summed E-state index contributed by atoms with van der Waals surface area (Å²) < 4.78 is 18.9. The van der Waals surface area contributed by atoms with Crippen LogP contribution in [-0.4, -0.2) is 24.8 Å². The molecule has 0 spiro atoms. The minimum Gasteiger partial charge on any atom is -0.493 e. The Labute approximate surface area is 109 Å². The van der Waals surface area contributed by atoms with Gasteiger partial charge in [-0.2, -0.15) is 0 Å². The number of benzene rings is 1. The zero-order valence-electron chi connectivity index (χ0n) is 10.7. The number of Topliss-reactive ketones (excluding diaryl/α,β-unsaturated/α-hetero) is 1. The van der Waals surface area contributed by atoms with Gasteiger partial charge < -0.3 is 15.8 Å². The second kappa shape index (κ2) is 4.97. The van der Waals surface area contributed by atoms with Gasteiger partial charge in [-0.15, -0.1) is 0 Å². The smallest absolute Gasteiger partial charge is 0.221 e. The molecule has 1 amide bonds. The SMILES string of the molecule is COc1c(F)cc(NC(C)=O)c2c1CCC(N)C2=O. The number of rotatable bonds is 2. The summed E-state index contributed by atoms with van der Waals surface area (Å²) in [5.41, 5.74) is 6.61. The summed E-state index contributed by atoms with van der Waals surface area (Å²) in [4.78, 5) is 23.3. The van der Waals surface area contributed by atoms with Crippen molar-refractivity contribution >= 4 is 17.4 Å². The Morgan fingerprint density at radius 1 is 1.58 bits per heavy atom. The molecule has 0 fully saturated rings. The highest BCUT2D eigenvalue weighted by atomic mass is 19.1. The Morgan fingerprint density at radius 2 is 2.26 bits per heavy atom. The molecule has 0 aromatic heterocycles. The largest absolute Gasteiger partial charge is 0.493 e. The molecule has 0 aliphatic heterocycles. The van der Waals surface area contributed by atoms with Crippen LogP contribution in [0.15, 0.2) is 6.07 Å². The van der Waals surface area contributed by atoms with Crippen LogP contribution in [0.2, 0.25) is 0 Å². The fraction of sp³-hybridized carbons (Fsp3) is 0.385. The van der Waals surface area contributed by atoms with Crippen LogP contribution in [0, 0.1) is 5.82 Å². The van der Waals surface area contributed by atoms with E-state index in [-0.39, 0.29) is 28.7 Å². The normalized spacial score (nSPS) is 17.9. The summed E-state index contributed by atoms with van der Waals surface area (Å²) in [5.74, 6) is -1.24. The number of nitrogens with two attached hydrogens (primary N) is 1. The molecule has 1 aromatic carbocycles. The number of nitrogens with one attached hydrogen (secondary N) is 1. The third kappa shape index (κ3) is 2.31. The Balaban J connectivity index is 2.66. The number of halogens is 1. The average molecular weight is 266 g/mol. The molecule has 5 nitrogen and oxygen atoms in total. The molecule has 1 aromatic rings. The maximum absolute atomic E-state index is 13.9. The minimum atomic E-state index is -0.629. The Morgan fingerprint density at radius 3 is 2.84 bits per heavy atom.